The van der Waals surface area contributed by atoms with E-state index in [0.717, 1.165) is 90.4 Å². The highest BCUT2D eigenvalue weighted by Gasteiger charge is 2.44. The Morgan fingerprint density at radius 2 is 0.621 bits per heavy atom. The molecule has 19 aromatic rings. The number of ether oxygens (including phenoxy) is 4. The Morgan fingerprint density at radius 1 is 0.226 bits per heavy atom. The van der Waals surface area contributed by atoms with Gasteiger partial charge in [0.25, 0.3) is 13.4 Å². The minimum Gasteiger partial charge on any atom is -0.458 e. The van der Waals surface area contributed by atoms with Crippen molar-refractivity contribution in [2.45, 2.75) is 157 Å². The molecule has 616 valence electrons. The standard InChI is InChI=1S/2C22H19BO2.C22H21N.3C16H16O/c1-22(2,3)14-12-19-21-20(13-14)25-18-11-7-5-9-16(18)23(21)15-8-4-6-10-17(15)24-19;1-22(2,3)14-12-13-19-20-21(14)25-18-11-7-5-9-16(18)23(20)15-8-4-6-10-17(15)24-19;1-22(2,3)16-13-14-21-19(15-16)18-11-7-8-12-20(18)23(21)17-9-5-4-6-10-17;1-16(2,3)13-9-6-8-12-11-7-4-5-10-14(11)17-15(12)13;1-16(2,3)12-8-6-10-14-15(12)11-7-4-5-9-13(11)17-14;1-16(2,3)11-8-9-15-13(10-11)12-6-4-5-7-14(12)17-15/h2*4-13H,1-3H3;4-15H,1-3H3;3*4-10H,1-3H3. The van der Waals surface area contributed by atoms with Gasteiger partial charge in [-0.15, -0.1) is 0 Å². The summed E-state index contributed by atoms with van der Waals surface area (Å²) in [5, 5.41) is 9.96. The number of hydrogen-bond acceptors (Lipinski definition) is 7. The van der Waals surface area contributed by atoms with Gasteiger partial charge in [-0.2, -0.15) is 0 Å². The van der Waals surface area contributed by atoms with Gasteiger partial charge in [0.15, 0.2) is 0 Å². The molecule has 0 aliphatic carbocycles. The third kappa shape index (κ3) is 15.5. The van der Waals surface area contributed by atoms with Gasteiger partial charge in [0.1, 0.15) is 79.5 Å². The van der Waals surface area contributed by atoms with Gasteiger partial charge < -0.3 is 36.8 Å². The second-order valence-electron chi connectivity index (χ2n) is 39.5. The smallest absolute Gasteiger partial charge is 0.260 e. The molecule has 4 aliphatic heterocycles. The number of aromatic nitrogens is 1. The fraction of sp³-hybridized carbons (Fsp3) is 0.211. The van der Waals surface area contributed by atoms with Crippen molar-refractivity contribution in [2.75, 3.05) is 0 Å². The SMILES string of the molecule is CC(C)(C)c1cc2c3c(c1)Oc1ccccc1B3c1ccccc1O2.CC(C)(C)c1ccc2c(c1)c1ccccc1n2-c1ccccc1.CC(C)(C)c1ccc2c3c1Oc1ccccc1B3c1ccccc1O2.CC(C)(C)c1ccc2oc3ccccc3c2c1.CC(C)(C)c1cccc2c1oc1ccccc12.CC(C)(C)c1cccc2oc3ccccc3c12. The van der Waals surface area contributed by atoms with Crippen molar-refractivity contribution >= 4 is 134 Å². The second kappa shape index (κ2) is 31.6. The minimum atomic E-state index is -0.00182. The Kier molecular flexibility index (Phi) is 20.9. The van der Waals surface area contributed by atoms with E-state index < -0.39 is 0 Å². The highest BCUT2D eigenvalue weighted by atomic mass is 16.5. The summed E-state index contributed by atoms with van der Waals surface area (Å²) in [4.78, 5) is 0. The summed E-state index contributed by atoms with van der Waals surface area (Å²) < 4.78 is 45.3. The maximum Gasteiger partial charge on any atom is 0.260 e. The molecule has 15 aromatic carbocycles. The first kappa shape index (κ1) is 81.8. The fourth-order valence-corrected chi connectivity index (χ4v) is 18.0. The molecule has 124 heavy (non-hydrogen) atoms. The molecule has 0 N–H and O–H groups in total. The first-order valence-corrected chi connectivity index (χ1v) is 43.6. The Morgan fingerprint density at radius 3 is 1.18 bits per heavy atom. The van der Waals surface area contributed by atoms with Gasteiger partial charge >= 0.3 is 0 Å². The van der Waals surface area contributed by atoms with Crippen LogP contribution >= 0.6 is 0 Å². The van der Waals surface area contributed by atoms with Gasteiger partial charge in [0.2, 0.25) is 0 Å². The molecule has 0 spiro atoms. The van der Waals surface area contributed by atoms with E-state index in [0.29, 0.717) is 0 Å². The van der Waals surface area contributed by atoms with Gasteiger partial charge in [0.05, 0.1) is 11.0 Å². The zero-order chi connectivity index (χ0) is 86.5. The molecule has 0 radical (unpaired) electrons. The van der Waals surface area contributed by atoms with E-state index >= 15 is 0 Å². The zero-order valence-corrected chi connectivity index (χ0v) is 74.6. The van der Waals surface area contributed by atoms with Gasteiger partial charge in [-0.1, -0.05) is 337 Å². The van der Waals surface area contributed by atoms with Crippen molar-refractivity contribution in [2.24, 2.45) is 0 Å². The van der Waals surface area contributed by atoms with Gasteiger partial charge in [-0.05, 0) is 191 Å². The highest BCUT2D eigenvalue weighted by Crippen LogP contribution is 2.45. The van der Waals surface area contributed by atoms with Crippen molar-refractivity contribution < 1.29 is 32.2 Å². The quantitative estimate of drug-likeness (QED) is 0.151. The van der Waals surface area contributed by atoms with Gasteiger partial charge in [-0.25, -0.2) is 0 Å². The van der Waals surface area contributed by atoms with Crippen LogP contribution in [0.3, 0.4) is 0 Å². The first-order chi connectivity index (χ1) is 59.3. The average molecular weight is 1620 g/mol. The lowest BCUT2D eigenvalue weighted by Crippen LogP contribution is -2.57. The molecule has 0 fully saturated rings. The van der Waals surface area contributed by atoms with Crippen molar-refractivity contribution in [3.8, 4) is 51.7 Å². The summed E-state index contributed by atoms with van der Waals surface area (Å²) in [6, 6.07) is 112. The van der Waals surface area contributed by atoms with Crippen molar-refractivity contribution in [1.29, 1.82) is 0 Å². The van der Waals surface area contributed by atoms with E-state index in [2.05, 4.69) is 378 Å². The molecule has 0 bridgehead atoms. The van der Waals surface area contributed by atoms with E-state index in [-0.39, 0.29) is 45.9 Å². The lowest BCUT2D eigenvalue weighted by atomic mass is 9.34. The van der Waals surface area contributed by atoms with Crippen LogP contribution in [0, 0.1) is 0 Å². The van der Waals surface area contributed by atoms with Crippen LogP contribution in [0.2, 0.25) is 0 Å². The maximum absolute atomic E-state index is 6.42. The normalized spacial score (nSPS) is 13.0. The Bertz CT molecular complexity index is 7170. The van der Waals surface area contributed by atoms with Gasteiger partial charge in [-0.3, -0.25) is 0 Å². The van der Waals surface area contributed by atoms with Crippen LogP contribution in [0.4, 0.5) is 0 Å². The van der Waals surface area contributed by atoms with E-state index in [1.807, 2.05) is 72.8 Å². The maximum atomic E-state index is 6.42. The minimum absolute atomic E-state index is 0.00182. The topological polar surface area (TPSA) is 81.3 Å². The Labute approximate surface area is 729 Å². The van der Waals surface area contributed by atoms with Crippen molar-refractivity contribution in [1.82, 2.24) is 4.57 Å². The summed E-state index contributed by atoms with van der Waals surface area (Å²) >= 11 is 0. The van der Waals surface area contributed by atoms with Crippen molar-refractivity contribution in [3.63, 3.8) is 0 Å². The summed E-state index contributed by atoms with van der Waals surface area (Å²) in [5.41, 5.74) is 25.1. The number of para-hydroxylation sites is 10. The van der Waals surface area contributed by atoms with E-state index in [9.17, 15) is 0 Å². The predicted octanol–water partition coefficient (Wildman–Crippen LogP) is 28.2. The molecule has 4 aromatic heterocycles. The van der Waals surface area contributed by atoms with Crippen LogP contribution in [-0.2, 0) is 32.5 Å². The van der Waals surface area contributed by atoms with Crippen LogP contribution in [0.15, 0.2) is 335 Å². The summed E-state index contributed by atoms with van der Waals surface area (Å²) in [7, 11) is 0. The van der Waals surface area contributed by atoms with Gasteiger partial charge in [0, 0.05) is 65.3 Å². The number of benzene rings is 15. The van der Waals surface area contributed by atoms with Crippen molar-refractivity contribution in [3.05, 3.63) is 355 Å². The molecule has 0 amide bonds. The predicted molar refractivity (Wildman–Crippen MR) is 522 cm³/mol. The number of fused-ring (bicyclic) bond motifs is 20. The molecule has 4 aliphatic rings. The Balaban J connectivity index is 0.000000102. The lowest BCUT2D eigenvalue weighted by molar-refractivity contribution is 0.446. The average Bonchev–Trinajstić information content (AvgIpc) is 1.32. The molecular weight excluding hydrogens is 1520 g/mol. The monoisotopic (exact) mass is 1620 g/mol. The third-order valence-corrected chi connectivity index (χ3v) is 24.5. The number of rotatable bonds is 1. The third-order valence-electron chi connectivity index (χ3n) is 24.5. The van der Waals surface area contributed by atoms with Crippen LogP contribution in [0.1, 0.15) is 158 Å². The van der Waals surface area contributed by atoms with E-state index in [1.54, 1.807) is 0 Å². The van der Waals surface area contributed by atoms with Crippen LogP contribution in [0.5, 0.6) is 46.0 Å². The molecule has 0 unspecified atom stereocenters. The molecule has 10 heteroatoms. The lowest BCUT2D eigenvalue weighted by Gasteiger charge is -2.35. The zero-order valence-electron chi connectivity index (χ0n) is 74.6. The largest absolute Gasteiger partial charge is 0.458 e. The second-order valence-corrected chi connectivity index (χ2v) is 39.5. The number of hydrogen-bond donors (Lipinski definition) is 0. The molecule has 0 saturated heterocycles. The summed E-state index contributed by atoms with van der Waals surface area (Å²) in [6.07, 6.45) is 0. The molecule has 23 rings (SSSR count). The summed E-state index contributed by atoms with van der Waals surface area (Å²) in [6.45, 7) is 40.5. The molecule has 0 saturated carbocycles. The molecular formula is C114H107B2NO7. The highest BCUT2D eigenvalue weighted by molar-refractivity contribution is 6.99. The van der Waals surface area contributed by atoms with Crippen LogP contribution < -0.4 is 51.7 Å². The van der Waals surface area contributed by atoms with Crippen LogP contribution in [-0.4, -0.2) is 18.0 Å². The fourth-order valence-electron chi connectivity index (χ4n) is 18.0. The molecule has 0 atom stereocenters. The van der Waals surface area contributed by atoms with Crippen LogP contribution in [0.25, 0.3) is 93.3 Å². The number of nitrogens with zero attached hydrogens (tertiary/aromatic N) is 1. The first-order valence-electron chi connectivity index (χ1n) is 43.6. The molecule has 8 heterocycles. The number of furan rings is 3. The Hall–Kier alpha value is -13.2. The van der Waals surface area contributed by atoms with E-state index in [1.165, 1.54) is 115 Å². The molecule has 8 nitrogen and oxygen atoms in total. The summed E-state index contributed by atoms with van der Waals surface area (Å²) in [5.74, 6) is 7.46. The van der Waals surface area contributed by atoms with E-state index in [4.69, 9.17) is 32.2 Å².